The van der Waals surface area contributed by atoms with Gasteiger partial charge in [0.15, 0.2) is 6.23 Å². The molecule has 1 aliphatic rings. The molecule has 2 heterocycles. The van der Waals surface area contributed by atoms with Crippen LogP contribution >= 0.6 is 0 Å². The van der Waals surface area contributed by atoms with Crippen molar-refractivity contribution in [1.82, 2.24) is 14.9 Å². The molecule has 30 heavy (non-hydrogen) atoms. The maximum Gasteiger partial charge on any atom is 0.404 e. The van der Waals surface area contributed by atoms with E-state index in [9.17, 15) is 39.6 Å². The molecule has 10 N–H and O–H groups in total. The fraction of sp³-hybridized carbons (Fsp3) is 0.533. The Kier molecular flexibility index (Phi) is 7.65. The number of nitrogens with one attached hydrogen (secondary N) is 2. The van der Waals surface area contributed by atoms with Crippen LogP contribution in [0.3, 0.4) is 0 Å². The summed E-state index contributed by atoms with van der Waals surface area (Å²) in [5, 5.41) is 41.8. The molecule has 1 aromatic rings. The van der Waals surface area contributed by atoms with E-state index in [1.807, 2.05) is 4.98 Å². The number of hydrogen-bond donors (Lipinski definition) is 8. The van der Waals surface area contributed by atoms with Crippen LogP contribution in [0.2, 0.25) is 0 Å². The van der Waals surface area contributed by atoms with E-state index in [2.05, 4.69) is 10.1 Å². The zero-order valence-electron chi connectivity index (χ0n) is 15.3. The highest BCUT2D eigenvalue weighted by Gasteiger charge is 2.44. The van der Waals surface area contributed by atoms with Gasteiger partial charge in [0.05, 0.1) is 6.54 Å². The Balaban J connectivity index is 1.95. The molecule has 0 bridgehead atoms. The largest absolute Gasteiger partial charge is 0.447 e. The molecule has 0 spiro atoms. The Bertz CT molecular complexity index is 872. The maximum atomic E-state index is 12.0. The van der Waals surface area contributed by atoms with Crippen LogP contribution < -0.4 is 28.0 Å². The predicted molar refractivity (Wildman–Crippen MR) is 95.2 cm³/mol. The van der Waals surface area contributed by atoms with Gasteiger partial charge in [-0.05, 0) is 0 Å². The van der Waals surface area contributed by atoms with Crippen molar-refractivity contribution in [1.29, 1.82) is 0 Å². The van der Waals surface area contributed by atoms with Crippen LogP contribution in [0.1, 0.15) is 6.23 Å². The number of ether oxygens (including phenoxy) is 2. The maximum absolute atomic E-state index is 12.0. The minimum Gasteiger partial charge on any atom is -0.447 e. The lowest BCUT2D eigenvalue weighted by Crippen LogP contribution is -2.54. The van der Waals surface area contributed by atoms with Gasteiger partial charge in [-0.3, -0.25) is 19.1 Å². The number of aromatic nitrogens is 2. The van der Waals surface area contributed by atoms with Crippen LogP contribution in [0.5, 0.6) is 0 Å². The molecular weight excluding hydrogens is 410 g/mol. The van der Waals surface area contributed by atoms with Gasteiger partial charge in [0.25, 0.3) is 5.56 Å². The first-order valence-corrected chi connectivity index (χ1v) is 8.53. The monoisotopic (exact) mass is 432 g/mol. The number of hydrogen-bond acceptors (Lipinski definition) is 11. The van der Waals surface area contributed by atoms with E-state index in [4.69, 9.17) is 16.2 Å². The van der Waals surface area contributed by atoms with E-state index in [0.29, 0.717) is 0 Å². The summed E-state index contributed by atoms with van der Waals surface area (Å²) in [6, 6.07) is -0.662. The summed E-state index contributed by atoms with van der Waals surface area (Å²) in [7, 11) is 0. The number of aromatic amines is 1. The summed E-state index contributed by atoms with van der Waals surface area (Å²) in [6.45, 7) is 0.221. The molecule has 167 valence electrons. The predicted octanol–water partition coefficient (Wildman–Crippen LogP) is -5.42. The van der Waals surface area contributed by atoms with E-state index < -0.39 is 72.6 Å². The quantitative estimate of drug-likeness (QED) is 0.192. The molecule has 2 unspecified atom stereocenters. The molecule has 0 aliphatic carbocycles. The molecule has 15 nitrogen and oxygen atoms in total. The lowest BCUT2D eigenvalue weighted by molar-refractivity contribution is -0.127. The van der Waals surface area contributed by atoms with E-state index in [1.165, 1.54) is 0 Å². The van der Waals surface area contributed by atoms with Crippen LogP contribution in [0.15, 0.2) is 21.9 Å². The zero-order chi connectivity index (χ0) is 22.6. The third-order valence-electron chi connectivity index (χ3n) is 4.25. The fourth-order valence-electron chi connectivity index (χ4n) is 2.60. The number of aliphatic hydroxyl groups excluding tert-OH is 4. The van der Waals surface area contributed by atoms with Gasteiger partial charge in [0, 0.05) is 12.3 Å². The van der Waals surface area contributed by atoms with Crippen molar-refractivity contribution in [2.45, 2.75) is 42.8 Å². The third-order valence-corrected chi connectivity index (χ3v) is 4.25. The SMILES string of the molecule is NC(=O)OC[C@H](O)[C@@H](O)[C@H](N)C(=O)N[CH][C@H]1O[C@@H](n2ccc(=O)[nH]c2=O)C(O)C1O. The van der Waals surface area contributed by atoms with Crippen LogP contribution in [-0.4, -0.2) is 85.1 Å². The normalized spacial score (nSPS) is 26.6. The number of primary amides is 1. The number of carbonyl (C=O) groups excluding carboxylic acids is 2. The average Bonchev–Trinajstić information content (AvgIpc) is 2.97. The first-order chi connectivity index (χ1) is 14.0. The third kappa shape index (κ3) is 5.41. The van der Waals surface area contributed by atoms with Crippen molar-refractivity contribution in [2.75, 3.05) is 6.61 Å². The molecule has 1 saturated heterocycles. The highest BCUT2D eigenvalue weighted by Crippen LogP contribution is 2.28. The molecule has 1 fully saturated rings. The summed E-state index contributed by atoms with van der Waals surface area (Å²) in [4.78, 5) is 47.5. The van der Waals surface area contributed by atoms with Crippen molar-refractivity contribution in [3.8, 4) is 0 Å². The zero-order valence-corrected chi connectivity index (χ0v) is 15.3. The minimum absolute atomic E-state index is 0.671. The number of rotatable bonds is 8. The van der Waals surface area contributed by atoms with Gasteiger partial charge in [-0.1, -0.05) is 0 Å². The molecular formula is C15H22N5O10. The number of amides is 2. The van der Waals surface area contributed by atoms with E-state index in [-0.39, 0.29) is 0 Å². The second-order valence-electron chi connectivity index (χ2n) is 6.38. The fourth-order valence-corrected chi connectivity index (χ4v) is 2.60. The Morgan fingerprint density at radius 1 is 1.33 bits per heavy atom. The van der Waals surface area contributed by atoms with Gasteiger partial charge in [-0.25, -0.2) is 9.59 Å². The van der Waals surface area contributed by atoms with Crippen molar-refractivity contribution < 1.29 is 39.5 Å². The second kappa shape index (κ2) is 9.79. The van der Waals surface area contributed by atoms with E-state index in [1.54, 1.807) is 0 Å². The molecule has 2 rings (SSSR count). The first kappa shape index (κ1) is 23.5. The van der Waals surface area contributed by atoms with Gasteiger partial charge in [-0.2, -0.15) is 0 Å². The average molecular weight is 432 g/mol. The number of H-pyrrole nitrogens is 1. The lowest BCUT2D eigenvalue weighted by Gasteiger charge is -2.23. The molecule has 1 aromatic heterocycles. The van der Waals surface area contributed by atoms with Crippen molar-refractivity contribution in [3.63, 3.8) is 0 Å². The van der Waals surface area contributed by atoms with Crippen molar-refractivity contribution in [3.05, 3.63) is 39.6 Å². The van der Waals surface area contributed by atoms with Gasteiger partial charge in [0.2, 0.25) is 5.91 Å². The van der Waals surface area contributed by atoms with Gasteiger partial charge in [0.1, 0.15) is 43.2 Å². The molecule has 2 amide bonds. The van der Waals surface area contributed by atoms with Crippen LogP contribution in [-0.2, 0) is 14.3 Å². The molecule has 7 atom stereocenters. The molecule has 1 radical (unpaired) electrons. The summed E-state index contributed by atoms with van der Waals surface area (Å²) in [5.41, 5.74) is 8.68. The highest BCUT2D eigenvalue weighted by molar-refractivity contribution is 5.82. The van der Waals surface area contributed by atoms with Crippen molar-refractivity contribution in [2.24, 2.45) is 11.5 Å². The molecule has 0 aromatic carbocycles. The van der Waals surface area contributed by atoms with E-state index in [0.717, 1.165) is 23.4 Å². The Morgan fingerprint density at radius 3 is 2.60 bits per heavy atom. The van der Waals surface area contributed by atoms with Crippen LogP contribution in [0.4, 0.5) is 4.79 Å². The number of carbonyl (C=O) groups is 2. The number of nitrogens with zero attached hydrogens (tertiary/aromatic N) is 1. The van der Waals surface area contributed by atoms with E-state index >= 15 is 0 Å². The lowest BCUT2D eigenvalue weighted by atomic mass is 10.1. The second-order valence-corrected chi connectivity index (χ2v) is 6.38. The summed E-state index contributed by atoms with van der Waals surface area (Å²) in [6.07, 6.45) is -9.48. The van der Waals surface area contributed by atoms with Gasteiger partial charge in [-0.15, -0.1) is 0 Å². The standard InChI is InChI=1S/C15H22N5O10/c16-8(9(23)5(21)4-29-14(17)27)12(26)18-3-6-10(24)11(25)13(30-6)20-2-1-7(22)19-15(20)28/h1-3,5-6,8-11,13,21,23-25H,4,16H2,(H2,17,27)(H,18,26)(H,19,22,28)/t5-,6+,8-,9+,10?,11?,13+/m0/s1. The molecule has 15 heteroatoms. The number of nitrogens with two attached hydrogens (primary N) is 2. The van der Waals surface area contributed by atoms with Crippen LogP contribution in [0, 0.1) is 6.54 Å². The summed E-state index contributed by atoms with van der Waals surface area (Å²) in [5.74, 6) is -1.00. The van der Waals surface area contributed by atoms with Gasteiger partial charge < -0.3 is 46.7 Å². The molecule has 0 saturated carbocycles. The Hall–Kier alpha value is -2.82. The highest BCUT2D eigenvalue weighted by atomic mass is 16.6. The first-order valence-electron chi connectivity index (χ1n) is 8.53. The number of aliphatic hydroxyl groups is 4. The summed E-state index contributed by atoms with van der Waals surface area (Å²) < 4.78 is 10.5. The Morgan fingerprint density at radius 2 is 2.00 bits per heavy atom. The summed E-state index contributed by atoms with van der Waals surface area (Å²) >= 11 is 0. The minimum atomic E-state index is -1.83. The Labute approximate surface area is 167 Å². The smallest absolute Gasteiger partial charge is 0.404 e. The molecule has 1 aliphatic heterocycles. The van der Waals surface area contributed by atoms with Crippen molar-refractivity contribution >= 4 is 12.0 Å². The van der Waals surface area contributed by atoms with Gasteiger partial charge >= 0.3 is 11.8 Å². The van der Waals surface area contributed by atoms with Crippen LogP contribution in [0.25, 0.3) is 0 Å². The topological polar surface area (TPSA) is 252 Å².